The largest absolute Gasteiger partial charge is 0.268 e. The van der Waals surface area contributed by atoms with Gasteiger partial charge in [-0.05, 0) is 55.0 Å². The third-order valence-electron chi connectivity index (χ3n) is 4.31. The van der Waals surface area contributed by atoms with Crippen molar-refractivity contribution >= 4 is 26.0 Å². The molecule has 0 atom stereocenters. The molecule has 0 aliphatic heterocycles. The van der Waals surface area contributed by atoms with Crippen molar-refractivity contribution in [1.82, 2.24) is 4.72 Å². The lowest BCUT2D eigenvalue weighted by Crippen LogP contribution is -2.32. The van der Waals surface area contributed by atoms with Crippen molar-refractivity contribution in [3.8, 4) is 11.8 Å². The van der Waals surface area contributed by atoms with Gasteiger partial charge in [0.05, 0.1) is 0 Å². The highest BCUT2D eigenvalue weighted by Gasteiger charge is 2.26. The molecule has 0 fully saturated rings. The highest BCUT2D eigenvalue weighted by atomic mass is 32.2. The summed E-state index contributed by atoms with van der Waals surface area (Å²) in [5.41, 5.74) is 2.63. The summed E-state index contributed by atoms with van der Waals surface area (Å²) in [7, 11) is -8.77. The fraction of sp³-hybridized carbons (Fsp3) is 0.0455. The Morgan fingerprint density at radius 1 is 0.806 bits per heavy atom. The van der Waals surface area contributed by atoms with Gasteiger partial charge in [0, 0.05) is 16.7 Å². The van der Waals surface area contributed by atoms with Crippen molar-refractivity contribution in [3.63, 3.8) is 0 Å². The van der Waals surface area contributed by atoms with Gasteiger partial charge in [-0.1, -0.05) is 42.2 Å². The SMILES string of the molecule is Cc1ccccc1C#Cc1ccc(C(=O)NS(=O)(=O)c2ccccc2S(N)(=O)=O)cc1. The van der Waals surface area contributed by atoms with Crippen LogP contribution in [0.5, 0.6) is 0 Å². The summed E-state index contributed by atoms with van der Waals surface area (Å²) in [6.45, 7) is 1.95. The molecule has 7 nitrogen and oxygen atoms in total. The first-order valence-electron chi connectivity index (χ1n) is 8.94. The molecule has 0 aromatic heterocycles. The van der Waals surface area contributed by atoms with E-state index in [1.165, 1.54) is 24.3 Å². The summed E-state index contributed by atoms with van der Waals surface area (Å²) < 4.78 is 50.3. The third-order valence-corrected chi connectivity index (χ3v) is 6.79. The predicted molar refractivity (Wildman–Crippen MR) is 116 cm³/mol. The second-order valence-corrected chi connectivity index (χ2v) is 9.75. The van der Waals surface area contributed by atoms with Crippen LogP contribution in [-0.2, 0) is 20.0 Å². The molecule has 0 bridgehead atoms. The Labute approximate surface area is 181 Å². The summed E-state index contributed by atoms with van der Waals surface area (Å²) in [5.74, 6) is 5.11. The van der Waals surface area contributed by atoms with Crippen LogP contribution >= 0.6 is 0 Å². The van der Waals surface area contributed by atoms with Crippen LogP contribution in [0.2, 0.25) is 0 Å². The zero-order chi connectivity index (χ0) is 22.6. The van der Waals surface area contributed by atoms with Gasteiger partial charge < -0.3 is 0 Å². The number of nitrogens with two attached hydrogens (primary N) is 1. The fourth-order valence-corrected chi connectivity index (χ4v) is 5.06. The van der Waals surface area contributed by atoms with E-state index in [0.717, 1.165) is 23.3 Å². The molecule has 3 aromatic carbocycles. The second-order valence-electron chi connectivity index (χ2n) is 6.57. The highest BCUT2D eigenvalue weighted by molar-refractivity contribution is 7.92. The van der Waals surface area contributed by atoms with Crippen LogP contribution in [0.1, 0.15) is 27.0 Å². The number of carbonyl (C=O) groups is 1. The second kappa shape index (κ2) is 8.73. The summed E-state index contributed by atoms with van der Waals surface area (Å²) in [5, 5.41) is 5.07. The number of carbonyl (C=O) groups excluding carboxylic acids is 1. The van der Waals surface area contributed by atoms with Gasteiger partial charge in [-0.25, -0.2) is 26.7 Å². The Hall–Kier alpha value is -3.45. The van der Waals surface area contributed by atoms with Gasteiger partial charge in [0.2, 0.25) is 10.0 Å². The van der Waals surface area contributed by atoms with E-state index in [0.29, 0.717) is 5.56 Å². The van der Waals surface area contributed by atoms with Gasteiger partial charge in [0.15, 0.2) is 0 Å². The van der Waals surface area contributed by atoms with E-state index >= 15 is 0 Å². The van der Waals surface area contributed by atoms with Crippen LogP contribution in [-0.4, -0.2) is 22.7 Å². The van der Waals surface area contributed by atoms with Crippen LogP contribution in [0.15, 0.2) is 82.6 Å². The molecule has 3 rings (SSSR count). The van der Waals surface area contributed by atoms with E-state index in [1.54, 1.807) is 12.1 Å². The Kier molecular flexibility index (Phi) is 6.27. The molecular formula is C22H18N2O5S2. The van der Waals surface area contributed by atoms with E-state index in [9.17, 15) is 21.6 Å². The maximum absolute atomic E-state index is 12.6. The smallest absolute Gasteiger partial charge is 0.265 e. The Bertz CT molecular complexity index is 1420. The van der Waals surface area contributed by atoms with E-state index in [1.807, 2.05) is 35.9 Å². The lowest BCUT2D eigenvalue weighted by atomic mass is 10.1. The first kappa shape index (κ1) is 22.2. The number of aryl methyl sites for hydroxylation is 1. The number of sulfonamides is 2. The van der Waals surface area contributed by atoms with Gasteiger partial charge in [-0.3, -0.25) is 4.79 Å². The van der Waals surface area contributed by atoms with Crippen molar-refractivity contribution in [2.24, 2.45) is 5.14 Å². The highest BCUT2D eigenvalue weighted by Crippen LogP contribution is 2.19. The lowest BCUT2D eigenvalue weighted by Gasteiger charge is -2.10. The van der Waals surface area contributed by atoms with E-state index in [2.05, 4.69) is 11.8 Å². The Balaban J connectivity index is 1.81. The molecule has 0 radical (unpaired) electrons. The van der Waals surface area contributed by atoms with Gasteiger partial charge >= 0.3 is 0 Å². The molecule has 158 valence electrons. The van der Waals surface area contributed by atoms with E-state index in [4.69, 9.17) is 5.14 Å². The zero-order valence-corrected chi connectivity index (χ0v) is 18.0. The minimum absolute atomic E-state index is 0.0677. The van der Waals surface area contributed by atoms with Gasteiger partial charge in [0.1, 0.15) is 9.79 Å². The van der Waals surface area contributed by atoms with Crippen molar-refractivity contribution in [2.45, 2.75) is 16.7 Å². The number of hydrogen-bond acceptors (Lipinski definition) is 5. The average Bonchev–Trinajstić information content (AvgIpc) is 2.72. The van der Waals surface area contributed by atoms with Gasteiger partial charge in [-0.15, -0.1) is 0 Å². The molecule has 3 N–H and O–H groups in total. The molecule has 0 saturated carbocycles. The maximum atomic E-state index is 12.6. The van der Waals surface area contributed by atoms with Crippen molar-refractivity contribution < 1.29 is 21.6 Å². The fourth-order valence-electron chi connectivity index (χ4n) is 2.70. The van der Waals surface area contributed by atoms with Crippen molar-refractivity contribution in [1.29, 1.82) is 0 Å². The van der Waals surface area contributed by atoms with Crippen molar-refractivity contribution in [2.75, 3.05) is 0 Å². The average molecular weight is 455 g/mol. The molecule has 1 amide bonds. The predicted octanol–water partition coefficient (Wildman–Crippen LogP) is 2.16. The number of primary sulfonamides is 1. The number of benzene rings is 3. The maximum Gasteiger partial charge on any atom is 0.265 e. The number of hydrogen-bond donors (Lipinski definition) is 2. The molecule has 31 heavy (non-hydrogen) atoms. The molecule has 0 spiro atoms. The van der Waals surface area contributed by atoms with E-state index < -0.39 is 35.7 Å². The van der Waals surface area contributed by atoms with Crippen LogP contribution in [0.3, 0.4) is 0 Å². The lowest BCUT2D eigenvalue weighted by molar-refractivity contribution is 0.0981. The molecule has 0 heterocycles. The van der Waals surface area contributed by atoms with E-state index in [-0.39, 0.29) is 5.56 Å². The molecular weight excluding hydrogens is 436 g/mol. The van der Waals surface area contributed by atoms with Crippen LogP contribution in [0.25, 0.3) is 0 Å². The molecule has 0 saturated heterocycles. The van der Waals surface area contributed by atoms with Crippen LogP contribution in [0, 0.1) is 18.8 Å². The number of amides is 1. The van der Waals surface area contributed by atoms with Crippen molar-refractivity contribution in [3.05, 3.63) is 95.1 Å². The van der Waals surface area contributed by atoms with Crippen LogP contribution < -0.4 is 9.86 Å². The van der Waals surface area contributed by atoms with Gasteiger partial charge in [0.25, 0.3) is 15.9 Å². The number of rotatable bonds is 4. The first-order valence-corrected chi connectivity index (χ1v) is 12.0. The van der Waals surface area contributed by atoms with Crippen LogP contribution in [0.4, 0.5) is 0 Å². The Morgan fingerprint density at radius 3 is 2.00 bits per heavy atom. The Morgan fingerprint density at radius 2 is 1.39 bits per heavy atom. The molecule has 0 aliphatic rings. The molecule has 3 aromatic rings. The normalized spacial score (nSPS) is 11.3. The first-order chi connectivity index (χ1) is 14.6. The summed E-state index contributed by atoms with van der Waals surface area (Å²) in [4.78, 5) is 11.2. The topological polar surface area (TPSA) is 123 Å². The minimum atomic E-state index is -4.47. The summed E-state index contributed by atoms with van der Waals surface area (Å²) in [6, 6.07) is 18.5. The summed E-state index contributed by atoms with van der Waals surface area (Å²) in [6.07, 6.45) is 0. The molecule has 0 unspecified atom stereocenters. The molecule has 0 aliphatic carbocycles. The summed E-state index contributed by atoms with van der Waals surface area (Å²) >= 11 is 0. The van der Waals surface area contributed by atoms with Gasteiger partial charge in [-0.2, -0.15) is 0 Å². The number of nitrogens with one attached hydrogen (secondary N) is 1. The quantitative estimate of drug-likeness (QED) is 0.585. The standard InChI is InChI=1S/C22H18N2O5S2/c1-16-6-2-3-7-18(16)13-10-17-11-14-19(15-12-17)22(25)24-31(28,29)21-9-5-4-8-20(21)30(23,26)27/h2-9,11-12,14-15H,1H3,(H,24,25)(H2,23,26,27). The minimum Gasteiger partial charge on any atom is -0.268 e. The third kappa shape index (κ3) is 5.38. The molecule has 9 heteroatoms. The zero-order valence-electron chi connectivity index (χ0n) is 16.4. The monoisotopic (exact) mass is 454 g/mol.